The number of benzene rings is 1. The van der Waals surface area contributed by atoms with Gasteiger partial charge in [-0.25, -0.2) is 0 Å². The van der Waals surface area contributed by atoms with Crippen LogP contribution in [0.2, 0.25) is 0 Å². The number of amides is 1. The van der Waals surface area contributed by atoms with Crippen molar-refractivity contribution in [1.29, 1.82) is 0 Å². The van der Waals surface area contributed by atoms with Crippen LogP contribution in [0, 0.1) is 12.8 Å². The first kappa shape index (κ1) is 14.2. The summed E-state index contributed by atoms with van der Waals surface area (Å²) in [6.07, 6.45) is 0.626. The molecule has 1 aromatic carbocycles. The van der Waals surface area contributed by atoms with Gasteiger partial charge in [-0.3, -0.25) is 4.79 Å². The SMILES string of the molecule is Cc1nnc(C(Cc2ccccc2)NC(=O)C(C)C)o1. The minimum absolute atomic E-state index is 0.0261. The van der Waals surface area contributed by atoms with Crippen LogP contribution in [-0.2, 0) is 11.2 Å². The molecule has 0 aliphatic heterocycles. The standard InChI is InChI=1S/C15H19N3O2/c1-10(2)14(19)16-13(15-18-17-11(3)20-15)9-12-7-5-4-6-8-12/h4-8,10,13H,9H2,1-3H3,(H,16,19). The Morgan fingerprint density at radius 1 is 1.25 bits per heavy atom. The van der Waals surface area contributed by atoms with Crippen LogP contribution in [0.15, 0.2) is 34.7 Å². The van der Waals surface area contributed by atoms with E-state index in [0.717, 1.165) is 5.56 Å². The fourth-order valence-corrected chi connectivity index (χ4v) is 1.84. The number of nitrogens with one attached hydrogen (secondary N) is 1. The molecule has 20 heavy (non-hydrogen) atoms. The average molecular weight is 273 g/mol. The van der Waals surface area contributed by atoms with Crippen molar-refractivity contribution in [2.45, 2.75) is 33.2 Å². The van der Waals surface area contributed by atoms with Crippen LogP contribution in [0.1, 0.15) is 37.2 Å². The molecule has 0 saturated carbocycles. The van der Waals surface area contributed by atoms with E-state index in [-0.39, 0.29) is 17.9 Å². The van der Waals surface area contributed by atoms with E-state index in [4.69, 9.17) is 4.42 Å². The van der Waals surface area contributed by atoms with E-state index in [0.29, 0.717) is 18.2 Å². The quantitative estimate of drug-likeness (QED) is 0.908. The van der Waals surface area contributed by atoms with Gasteiger partial charge in [0.2, 0.25) is 17.7 Å². The van der Waals surface area contributed by atoms with Gasteiger partial charge in [0.15, 0.2) is 0 Å². The van der Waals surface area contributed by atoms with E-state index in [2.05, 4.69) is 15.5 Å². The highest BCUT2D eigenvalue weighted by atomic mass is 16.4. The van der Waals surface area contributed by atoms with E-state index < -0.39 is 0 Å². The Labute approximate surface area is 118 Å². The van der Waals surface area contributed by atoms with Crippen molar-refractivity contribution in [3.8, 4) is 0 Å². The Bertz CT molecular complexity index is 564. The maximum absolute atomic E-state index is 11.9. The van der Waals surface area contributed by atoms with E-state index in [1.165, 1.54) is 0 Å². The van der Waals surface area contributed by atoms with E-state index in [9.17, 15) is 4.79 Å². The van der Waals surface area contributed by atoms with E-state index >= 15 is 0 Å². The van der Waals surface area contributed by atoms with E-state index in [1.807, 2.05) is 44.2 Å². The summed E-state index contributed by atoms with van der Waals surface area (Å²) in [7, 11) is 0. The third kappa shape index (κ3) is 3.66. The van der Waals surface area contributed by atoms with Gasteiger partial charge in [-0.05, 0) is 5.56 Å². The molecule has 0 fully saturated rings. The topological polar surface area (TPSA) is 68.0 Å². The minimum Gasteiger partial charge on any atom is -0.423 e. The molecule has 0 aliphatic carbocycles. The number of aromatic nitrogens is 2. The first-order valence-corrected chi connectivity index (χ1v) is 6.70. The van der Waals surface area contributed by atoms with Gasteiger partial charge in [-0.15, -0.1) is 10.2 Å². The second-order valence-corrected chi connectivity index (χ2v) is 5.06. The van der Waals surface area contributed by atoms with Crippen molar-refractivity contribution in [2.75, 3.05) is 0 Å². The molecule has 0 spiro atoms. The molecule has 1 N–H and O–H groups in total. The zero-order valence-corrected chi connectivity index (χ0v) is 12.0. The Morgan fingerprint density at radius 3 is 2.50 bits per heavy atom. The maximum atomic E-state index is 11.9. The monoisotopic (exact) mass is 273 g/mol. The molecule has 1 unspecified atom stereocenters. The maximum Gasteiger partial charge on any atom is 0.239 e. The summed E-state index contributed by atoms with van der Waals surface area (Å²) in [5, 5.41) is 10.8. The Morgan fingerprint density at radius 2 is 1.95 bits per heavy atom. The second-order valence-electron chi connectivity index (χ2n) is 5.06. The number of carbonyl (C=O) groups is 1. The molecule has 0 saturated heterocycles. The lowest BCUT2D eigenvalue weighted by molar-refractivity contribution is -0.124. The summed E-state index contributed by atoms with van der Waals surface area (Å²) >= 11 is 0. The highest BCUT2D eigenvalue weighted by molar-refractivity contribution is 5.78. The Balaban J connectivity index is 2.18. The number of nitrogens with zero attached hydrogens (tertiary/aromatic N) is 2. The van der Waals surface area contributed by atoms with Crippen molar-refractivity contribution in [1.82, 2.24) is 15.5 Å². The summed E-state index contributed by atoms with van der Waals surface area (Å²) in [5.41, 5.74) is 1.11. The second kappa shape index (κ2) is 6.32. The van der Waals surface area contributed by atoms with Crippen LogP contribution < -0.4 is 5.32 Å². The van der Waals surface area contributed by atoms with Crippen LogP contribution in [-0.4, -0.2) is 16.1 Å². The molecule has 0 radical (unpaired) electrons. The van der Waals surface area contributed by atoms with E-state index in [1.54, 1.807) is 6.92 Å². The van der Waals surface area contributed by atoms with Crippen molar-refractivity contribution in [2.24, 2.45) is 5.92 Å². The zero-order valence-electron chi connectivity index (χ0n) is 12.0. The summed E-state index contributed by atoms with van der Waals surface area (Å²) in [4.78, 5) is 11.9. The molecule has 2 aromatic rings. The Hall–Kier alpha value is -2.17. The van der Waals surface area contributed by atoms with Gasteiger partial charge in [0.1, 0.15) is 6.04 Å². The van der Waals surface area contributed by atoms with Crippen LogP contribution in [0.5, 0.6) is 0 Å². The highest BCUT2D eigenvalue weighted by Crippen LogP contribution is 2.18. The third-order valence-corrected chi connectivity index (χ3v) is 2.96. The number of hydrogen-bond donors (Lipinski definition) is 1. The summed E-state index contributed by atoms with van der Waals surface area (Å²) < 4.78 is 5.46. The molecule has 2 rings (SSSR count). The molecule has 1 aromatic heterocycles. The fraction of sp³-hybridized carbons (Fsp3) is 0.400. The van der Waals surface area contributed by atoms with Gasteiger partial charge in [0.05, 0.1) is 0 Å². The number of carbonyl (C=O) groups excluding carboxylic acids is 1. The first-order chi connectivity index (χ1) is 9.56. The van der Waals surface area contributed by atoms with Crippen LogP contribution in [0.4, 0.5) is 0 Å². The van der Waals surface area contributed by atoms with Gasteiger partial charge >= 0.3 is 0 Å². The minimum atomic E-state index is -0.298. The van der Waals surface area contributed by atoms with Crippen LogP contribution in [0.3, 0.4) is 0 Å². The van der Waals surface area contributed by atoms with Gasteiger partial charge in [0.25, 0.3) is 0 Å². The summed E-state index contributed by atoms with van der Waals surface area (Å²) in [6.45, 7) is 5.45. The zero-order chi connectivity index (χ0) is 14.5. The van der Waals surface area contributed by atoms with Crippen molar-refractivity contribution in [3.63, 3.8) is 0 Å². The van der Waals surface area contributed by atoms with Gasteiger partial charge < -0.3 is 9.73 Å². The lowest BCUT2D eigenvalue weighted by Gasteiger charge is -2.16. The summed E-state index contributed by atoms with van der Waals surface area (Å²) in [6, 6.07) is 9.62. The van der Waals surface area contributed by atoms with Gasteiger partial charge in [-0.2, -0.15) is 0 Å². The number of aryl methyl sites for hydroxylation is 1. The normalized spacial score (nSPS) is 12.4. The molecule has 0 aliphatic rings. The molecule has 0 bridgehead atoms. The molecule has 1 heterocycles. The summed E-state index contributed by atoms with van der Waals surface area (Å²) in [5.74, 6) is 0.830. The average Bonchev–Trinajstić information content (AvgIpc) is 2.85. The predicted octanol–water partition coefficient (Wildman–Crippen LogP) is 2.43. The molecule has 1 amide bonds. The molecular weight excluding hydrogens is 254 g/mol. The highest BCUT2D eigenvalue weighted by Gasteiger charge is 2.22. The van der Waals surface area contributed by atoms with Crippen molar-refractivity contribution < 1.29 is 9.21 Å². The first-order valence-electron chi connectivity index (χ1n) is 6.70. The van der Waals surface area contributed by atoms with Crippen molar-refractivity contribution in [3.05, 3.63) is 47.7 Å². The Kier molecular flexibility index (Phi) is 4.50. The molecule has 5 heteroatoms. The van der Waals surface area contributed by atoms with Crippen LogP contribution >= 0.6 is 0 Å². The fourth-order valence-electron chi connectivity index (χ4n) is 1.84. The predicted molar refractivity (Wildman–Crippen MR) is 74.9 cm³/mol. The molecular formula is C15H19N3O2. The van der Waals surface area contributed by atoms with Gasteiger partial charge in [0, 0.05) is 19.3 Å². The largest absolute Gasteiger partial charge is 0.423 e. The lowest BCUT2D eigenvalue weighted by atomic mass is 10.0. The molecule has 1 atom stereocenters. The molecule has 5 nitrogen and oxygen atoms in total. The van der Waals surface area contributed by atoms with Crippen molar-refractivity contribution >= 4 is 5.91 Å². The third-order valence-electron chi connectivity index (χ3n) is 2.96. The molecule has 106 valence electrons. The lowest BCUT2D eigenvalue weighted by Crippen LogP contribution is -2.33. The number of rotatable bonds is 5. The smallest absolute Gasteiger partial charge is 0.239 e. The van der Waals surface area contributed by atoms with Gasteiger partial charge in [-0.1, -0.05) is 44.2 Å². The van der Waals surface area contributed by atoms with Crippen LogP contribution in [0.25, 0.3) is 0 Å². The number of hydrogen-bond acceptors (Lipinski definition) is 4.